The molecule has 1 N–H and O–H groups in total. The molecule has 2 aromatic carbocycles. The fourth-order valence-corrected chi connectivity index (χ4v) is 3.32. The molecule has 1 heterocycles. The van der Waals surface area contributed by atoms with Gasteiger partial charge in [0.15, 0.2) is 0 Å². The van der Waals surface area contributed by atoms with Crippen LogP contribution in [-0.2, 0) is 16.7 Å². The van der Waals surface area contributed by atoms with Gasteiger partial charge in [0, 0.05) is 25.4 Å². The van der Waals surface area contributed by atoms with Gasteiger partial charge in [0.1, 0.15) is 5.82 Å². The number of urea groups is 1. The van der Waals surface area contributed by atoms with E-state index in [0.717, 1.165) is 25.0 Å². The van der Waals surface area contributed by atoms with Crippen molar-refractivity contribution in [2.75, 3.05) is 18.5 Å². The van der Waals surface area contributed by atoms with Crippen LogP contribution in [0.5, 0.6) is 0 Å². The summed E-state index contributed by atoms with van der Waals surface area (Å²) >= 11 is 0. The molecular weight excluding hydrogens is 355 g/mol. The quantitative estimate of drug-likeness (QED) is 0.756. The minimum atomic E-state index is -0.326. The molecule has 4 nitrogen and oxygen atoms in total. The van der Waals surface area contributed by atoms with Gasteiger partial charge in [-0.3, -0.25) is 0 Å². The topological polar surface area (TPSA) is 41.6 Å². The SMILES string of the molecule is CC(C)(C)c1ccc(CN(CC2CCCO2)C(=O)Nc2ccc(F)cc2)cc1. The van der Waals surface area contributed by atoms with Crippen molar-refractivity contribution in [1.82, 2.24) is 4.90 Å². The highest BCUT2D eigenvalue weighted by molar-refractivity contribution is 5.89. The number of hydrogen-bond donors (Lipinski definition) is 1. The maximum Gasteiger partial charge on any atom is 0.322 e. The van der Waals surface area contributed by atoms with E-state index in [0.29, 0.717) is 18.8 Å². The maximum absolute atomic E-state index is 13.1. The number of hydrogen-bond acceptors (Lipinski definition) is 2. The van der Waals surface area contributed by atoms with Crippen molar-refractivity contribution in [1.29, 1.82) is 0 Å². The number of carbonyl (C=O) groups excluding carboxylic acids is 1. The molecule has 0 bridgehead atoms. The molecule has 1 saturated heterocycles. The summed E-state index contributed by atoms with van der Waals surface area (Å²) in [5, 5.41) is 2.86. The second kappa shape index (κ2) is 8.74. The fourth-order valence-electron chi connectivity index (χ4n) is 3.32. The van der Waals surface area contributed by atoms with E-state index < -0.39 is 0 Å². The highest BCUT2D eigenvalue weighted by Gasteiger charge is 2.23. The molecule has 3 rings (SSSR count). The van der Waals surface area contributed by atoms with Gasteiger partial charge in [-0.25, -0.2) is 9.18 Å². The molecule has 1 atom stereocenters. The van der Waals surface area contributed by atoms with E-state index >= 15 is 0 Å². The first kappa shape index (κ1) is 20.3. The summed E-state index contributed by atoms with van der Waals surface area (Å²) in [6.45, 7) is 8.33. The van der Waals surface area contributed by atoms with E-state index in [-0.39, 0.29) is 23.4 Å². The Bertz CT molecular complexity index is 776. The van der Waals surface area contributed by atoms with Crippen molar-refractivity contribution >= 4 is 11.7 Å². The van der Waals surface area contributed by atoms with Crippen molar-refractivity contribution in [2.24, 2.45) is 0 Å². The number of ether oxygens (including phenoxy) is 1. The monoisotopic (exact) mass is 384 g/mol. The predicted octanol–water partition coefficient (Wildman–Crippen LogP) is 5.34. The zero-order chi connectivity index (χ0) is 20.1. The third kappa shape index (κ3) is 5.55. The fraction of sp³-hybridized carbons (Fsp3) is 0.435. The van der Waals surface area contributed by atoms with Crippen molar-refractivity contribution in [3.8, 4) is 0 Å². The van der Waals surface area contributed by atoms with Crippen molar-refractivity contribution in [2.45, 2.75) is 51.7 Å². The van der Waals surface area contributed by atoms with E-state index in [1.54, 1.807) is 17.0 Å². The van der Waals surface area contributed by atoms with E-state index in [4.69, 9.17) is 4.74 Å². The minimum Gasteiger partial charge on any atom is -0.376 e. The summed E-state index contributed by atoms with van der Waals surface area (Å²) in [4.78, 5) is 14.7. The Labute approximate surface area is 166 Å². The van der Waals surface area contributed by atoms with Gasteiger partial charge >= 0.3 is 6.03 Å². The number of benzene rings is 2. The van der Waals surface area contributed by atoms with Gasteiger partial charge in [-0.1, -0.05) is 45.0 Å². The number of nitrogens with one attached hydrogen (secondary N) is 1. The van der Waals surface area contributed by atoms with Crippen LogP contribution >= 0.6 is 0 Å². The van der Waals surface area contributed by atoms with Crippen LogP contribution in [0.3, 0.4) is 0 Å². The molecule has 150 valence electrons. The third-order valence-corrected chi connectivity index (χ3v) is 5.02. The van der Waals surface area contributed by atoms with Gasteiger partial charge in [-0.2, -0.15) is 0 Å². The summed E-state index contributed by atoms with van der Waals surface area (Å²) in [6, 6.07) is 14.0. The smallest absolute Gasteiger partial charge is 0.322 e. The van der Waals surface area contributed by atoms with Gasteiger partial charge in [-0.15, -0.1) is 0 Å². The Morgan fingerprint density at radius 3 is 2.39 bits per heavy atom. The normalized spacial score (nSPS) is 16.8. The summed E-state index contributed by atoms with van der Waals surface area (Å²) in [6.07, 6.45) is 2.05. The molecule has 0 aliphatic carbocycles. The van der Waals surface area contributed by atoms with E-state index in [1.807, 2.05) is 0 Å². The van der Waals surface area contributed by atoms with Gasteiger partial charge < -0.3 is 15.0 Å². The molecule has 2 aromatic rings. The average Bonchev–Trinajstić information content (AvgIpc) is 3.16. The number of nitrogens with zero attached hydrogens (tertiary/aromatic N) is 1. The first-order valence-electron chi connectivity index (χ1n) is 9.84. The molecule has 1 aliphatic rings. The number of rotatable bonds is 5. The number of halogens is 1. The van der Waals surface area contributed by atoms with Gasteiger partial charge in [0.25, 0.3) is 0 Å². The summed E-state index contributed by atoms with van der Waals surface area (Å²) < 4.78 is 18.8. The number of amides is 2. The molecule has 0 saturated carbocycles. The van der Waals surface area contributed by atoms with Crippen LogP contribution in [0.15, 0.2) is 48.5 Å². The molecule has 1 unspecified atom stereocenters. The Kier molecular flexibility index (Phi) is 6.35. The van der Waals surface area contributed by atoms with Crippen LogP contribution in [0.1, 0.15) is 44.7 Å². The van der Waals surface area contributed by atoms with Gasteiger partial charge in [0.05, 0.1) is 6.10 Å². The molecular formula is C23H29FN2O2. The summed E-state index contributed by atoms with van der Waals surface area (Å²) in [7, 11) is 0. The highest BCUT2D eigenvalue weighted by atomic mass is 19.1. The Hall–Kier alpha value is -2.40. The molecule has 1 aliphatic heterocycles. The summed E-state index contributed by atoms with van der Waals surface area (Å²) in [5.74, 6) is -0.326. The Balaban J connectivity index is 1.72. The van der Waals surface area contributed by atoms with Crippen LogP contribution in [0.4, 0.5) is 14.9 Å². The molecule has 2 amide bonds. The zero-order valence-corrected chi connectivity index (χ0v) is 16.9. The third-order valence-electron chi connectivity index (χ3n) is 5.02. The van der Waals surface area contributed by atoms with Crippen LogP contribution in [-0.4, -0.2) is 30.2 Å². The lowest BCUT2D eigenvalue weighted by Gasteiger charge is -2.26. The van der Waals surface area contributed by atoms with Crippen LogP contribution in [0.25, 0.3) is 0 Å². The largest absolute Gasteiger partial charge is 0.376 e. The van der Waals surface area contributed by atoms with Crippen LogP contribution < -0.4 is 5.32 Å². The molecule has 0 aromatic heterocycles. The predicted molar refractivity (Wildman–Crippen MR) is 110 cm³/mol. The second-order valence-electron chi connectivity index (χ2n) is 8.40. The van der Waals surface area contributed by atoms with E-state index in [1.165, 1.54) is 17.7 Å². The number of carbonyl (C=O) groups is 1. The van der Waals surface area contributed by atoms with E-state index in [9.17, 15) is 9.18 Å². The molecule has 1 fully saturated rings. The molecule has 0 spiro atoms. The van der Waals surface area contributed by atoms with Crippen molar-refractivity contribution in [3.63, 3.8) is 0 Å². The minimum absolute atomic E-state index is 0.0628. The average molecular weight is 384 g/mol. The van der Waals surface area contributed by atoms with Crippen molar-refractivity contribution in [3.05, 3.63) is 65.5 Å². The first-order valence-corrected chi connectivity index (χ1v) is 9.84. The standard InChI is InChI=1S/C23H29FN2O2/c1-23(2,3)18-8-6-17(7-9-18)15-26(16-21-5-4-14-28-21)22(27)25-20-12-10-19(24)11-13-20/h6-13,21H,4-5,14-16H2,1-3H3,(H,25,27). The Morgan fingerprint density at radius 2 is 1.82 bits per heavy atom. The molecule has 28 heavy (non-hydrogen) atoms. The molecule has 5 heteroatoms. The lowest BCUT2D eigenvalue weighted by molar-refractivity contribution is 0.0819. The Morgan fingerprint density at radius 1 is 1.14 bits per heavy atom. The number of anilines is 1. The summed E-state index contributed by atoms with van der Waals surface area (Å²) in [5.41, 5.74) is 3.00. The first-order chi connectivity index (χ1) is 13.3. The van der Waals surface area contributed by atoms with Crippen LogP contribution in [0.2, 0.25) is 0 Å². The zero-order valence-electron chi connectivity index (χ0n) is 16.9. The van der Waals surface area contributed by atoms with Gasteiger partial charge in [-0.05, 0) is 53.6 Å². The van der Waals surface area contributed by atoms with Crippen molar-refractivity contribution < 1.29 is 13.9 Å². The van der Waals surface area contributed by atoms with Gasteiger partial charge in [0.2, 0.25) is 0 Å². The lowest BCUT2D eigenvalue weighted by Crippen LogP contribution is -2.39. The lowest BCUT2D eigenvalue weighted by atomic mass is 9.87. The van der Waals surface area contributed by atoms with Crippen LogP contribution in [0, 0.1) is 5.82 Å². The maximum atomic E-state index is 13.1. The molecule has 0 radical (unpaired) electrons. The second-order valence-corrected chi connectivity index (χ2v) is 8.40. The highest BCUT2D eigenvalue weighted by Crippen LogP contribution is 2.23. The van der Waals surface area contributed by atoms with E-state index in [2.05, 4.69) is 50.4 Å².